The highest BCUT2D eigenvalue weighted by Gasteiger charge is 2.17. The average Bonchev–Trinajstić information content (AvgIpc) is 2.62. The molecule has 27 heavy (non-hydrogen) atoms. The Morgan fingerprint density at radius 1 is 1.19 bits per heavy atom. The average molecular weight is 412 g/mol. The number of rotatable bonds is 7. The largest absolute Gasteiger partial charge is 0.455 e. The highest BCUT2D eigenvalue weighted by atomic mass is 35.5. The van der Waals surface area contributed by atoms with E-state index in [4.69, 9.17) is 16.3 Å². The summed E-state index contributed by atoms with van der Waals surface area (Å²) in [6.07, 6.45) is 1.46. The Bertz CT molecular complexity index is 963. The number of benzene rings is 1. The number of amides is 1. The van der Waals surface area contributed by atoms with Crippen molar-refractivity contribution in [2.24, 2.45) is 0 Å². The van der Waals surface area contributed by atoms with E-state index in [0.717, 1.165) is 11.1 Å². The predicted octanol–water partition coefficient (Wildman–Crippen LogP) is 1.81. The Morgan fingerprint density at radius 2 is 1.93 bits per heavy atom. The van der Waals surface area contributed by atoms with Crippen LogP contribution in [0.25, 0.3) is 0 Å². The zero-order valence-electron chi connectivity index (χ0n) is 14.7. The molecule has 1 amide bonds. The topological polar surface area (TPSA) is 114 Å². The van der Waals surface area contributed by atoms with Crippen LogP contribution in [0.4, 0.5) is 5.69 Å². The molecular weight excluding hydrogens is 394 g/mol. The molecule has 1 aromatic heterocycles. The van der Waals surface area contributed by atoms with Gasteiger partial charge in [-0.2, -0.15) is 4.72 Å². The van der Waals surface area contributed by atoms with Crippen molar-refractivity contribution < 1.29 is 22.7 Å². The number of aromatic nitrogens is 1. The van der Waals surface area contributed by atoms with Crippen molar-refractivity contribution in [1.29, 1.82) is 0 Å². The number of hydrogen-bond acceptors (Lipinski definition) is 6. The summed E-state index contributed by atoms with van der Waals surface area (Å²) in [5.74, 6) is -1.52. The zero-order chi connectivity index (χ0) is 20.0. The second-order valence-electron chi connectivity index (χ2n) is 5.62. The third kappa shape index (κ3) is 6.02. The summed E-state index contributed by atoms with van der Waals surface area (Å²) in [5.41, 5.74) is 2.04. The van der Waals surface area contributed by atoms with Crippen LogP contribution in [0.5, 0.6) is 0 Å². The highest BCUT2D eigenvalue weighted by molar-refractivity contribution is 7.89. The number of carbonyl (C=O) groups is 2. The van der Waals surface area contributed by atoms with Gasteiger partial charge in [-0.3, -0.25) is 9.59 Å². The molecule has 0 spiro atoms. The van der Waals surface area contributed by atoms with Crippen molar-refractivity contribution in [3.05, 3.63) is 52.8 Å². The Kier molecular flexibility index (Phi) is 6.89. The van der Waals surface area contributed by atoms with Crippen LogP contribution in [0.1, 0.15) is 11.1 Å². The number of carbonyl (C=O) groups excluding carboxylic acids is 2. The lowest BCUT2D eigenvalue weighted by atomic mass is 10.1. The van der Waals surface area contributed by atoms with Crippen LogP contribution in [0, 0.1) is 13.8 Å². The molecule has 1 heterocycles. The highest BCUT2D eigenvalue weighted by Crippen LogP contribution is 2.17. The normalized spacial score (nSPS) is 11.1. The van der Waals surface area contributed by atoms with E-state index in [1.165, 1.54) is 24.4 Å². The monoisotopic (exact) mass is 411 g/mol. The fraction of sp³-hybridized carbons (Fsp3) is 0.235. The number of esters is 1. The molecule has 1 aromatic carbocycles. The predicted molar refractivity (Wildman–Crippen MR) is 99.9 cm³/mol. The molecule has 0 aliphatic rings. The molecule has 0 saturated heterocycles. The molecule has 2 N–H and O–H groups in total. The van der Waals surface area contributed by atoms with Gasteiger partial charge in [0, 0.05) is 6.20 Å². The van der Waals surface area contributed by atoms with Crippen LogP contribution in [-0.2, 0) is 24.3 Å². The van der Waals surface area contributed by atoms with E-state index in [0.29, 0.717) is 0 Å². The van der Waals surface area contributed by atoms with Crippen LogP contribution in [0.15, 0.2) is 41.4 Å². The molecule has 0 bridgehead atoms. The van der Waals surface area contributed by atoms with Gasteiger partial charge in [-0.25, -0.2) is 13.4 Å². The Labute approximate surface area is 161 Å². The van der Waals surface area contributed by atoms with Crippen molar-refractivity contribution in [2.75, 3.05) is 18.5 Å². The Balaban J connectivity index is 1.84. The number of pyridine rings is 1. The minimum absolute atomic E-state index is 0.0439. The molecule has 2 rings (SSSR count). The molecule has 10 heteroatoms. The van der Waals surface area contributed by atoms with E-state index in [-0.39, 0.29) is 15.7 Å². The summed E-state index contributed by atoms with van der Waals surface area (Å²) in [4.78, 5) is 27.3. The second-order valence-corrected chi connectivity index (χ2v) is 7.75. The lowest BCUT2D eigenvalue weighted by Gasteiger charge is -2.09. The third-order valence-corrected chi connectivity index (χ3v) is 5.29. The molecule has 0 aliphatic heterocycles. The number of ether oxygens (including phenoxy) is 1. The Hall–Kier alpha value is -2.49. The van der Waals surface area contributed by atoms with Crippen LogP contribution in [-0.4, -0.2) is 38.4 Å². The second kappa shape index (κ2) is 8.94. The molecule has 144 valence electrons. The van der Waals surface area contributed by atoms with E-state index in [9.17, 15) is 18.0 Å². The number of nitrogens with zero attached hydrogens (tertiary/aromatic N) is 1. The molecule has 2 aromatic rings. The van der Waals surface area contributed by atoms with Gasteiger partial charge >= 0.3 is 5.97 Å². The van der Waals surface area contributed by atoms with Crippen LogP contribution in [0.2, 0.25) is 5.15 Å². The summed E-state index contributed by atoms with van der Waals surface area (Å²) in [6.45, 7) is 2.46. The number of hydrogen-bond donors (Lipinski definition) is 2. The zero-order valence-corrected chi connectivity index (χ0v) is 16.2. The fourth-order valence-electron chi connectivity index (χ4n) is 1.98. The van der Waals surface area contributed by atoms with Gasteiger partial charge in [0.05, 0.1) is 10.6 Å². The summed E-state index contributed by atoms with van der Waals surface area (Å²) >= 11 is 5.80. The molecule has 0 atom stereocenters. The van der Waals surface area contributed by atoms with Crippen LogP contribution >= 0.6 is 11.6 Å². The van der Waals surface area contributed by atoms with E-state index >= 15 is 0 Å². The Morgan fingerprint density at radius 3 is 2.59 bits per heavy atom. The smallest absolute Gasteiger partial charge is 0.321 e. The standard InChI is InChI=1S/C17H18ClN3O5S/c1-11-5-6-13(8-12(11)2)27(24,25)20-9-16(23)26-10-15(22)21-14-4-3-7-19-17(14)18/h3-8,20H,9-10H2,1-2H3,(H,21,22). The van der Waals surface area contributed by atoms with Crippen molar-refractivity contribution in [2.45, 2.75) is 18.7 Å². The van der Waals surface area contributed by atoms with Gasteiger partial charge in [-0.15, -0.1) is 0 Å². The van der Waals surface area contributed by atoms with Gasteiger partial charge in [0.2, 0.25) is 10.0 Å². The minimum Gasteiger partial charge on any atom is -0.455 e. The molecule has 0 unspecified atom stereocenters. The summed E-state index contributed by atoms with van der Waals surface area (Å²) < 4.78 is 31.3. The number of sulfonamides is 1. The summed E-state index contributed by atoms with van der Waals surface area (Å²) in [7, 11) is -3.86. The van der Waals surface area contributed by atoms with Gasteiger partial charge < -0.3 is 10.1 Å². The first kappa shape index (κ1) is 20.8. The van der Waals surface area contributed by atoms with Crippen molar-refractivity contribution in [3.63, 3.8) is 0 Å². The van der Waals surface area contributed by atoms with Gasteiger partial charge in [0.15, 0.2) is 11.8 Å². The van der Waals surface area contributed by atoms with E-state index < -0.39 is 35.1 Å². The third-order valence-electron chi connectivity index (χ3n) is 3.59. The number of halogens is 1. The van der Waals surface area contributed by atoms with Crippen LogP contribution < -0.4 is 10.0 Å². The minimum atomic E-state index is -3.86. The molecule has 0 aliphatic carbocycles. The quantitative estimate of drug-likeness (QED) is 0.530. The van der Waals surface area contributed by atoms with Crippen molar-refractivity contribution in [1.82, 2.24) is 9.71 Å². The summed E-state index contributed by atoms with van der Waals surface area (Å²) in [6, 6.07) is 7.74. The number of anilines is 1. The number of nitrogens with one attached hydrogen (secondary N) is 2. The number of aryl methyl sites for hydroxylation is 2. The molecule has 8 nitrogen and oxygen atoms in total. The van der Waals surface area contributed by atoms with E-state index in [1.54, 1.807) is 19.1 Å². The SMILES string of the molecule is Cc1ccc(S(=O)(=O)NCC(=O)OCC(=O)Nc2cccnc2Cl)cc1C. The molecule has 0 fully saturated rings. The van der Waals surface area contributed by atoms with Crippen molar-refractivity contribution in [3.8, 4) is 0 Å². The van der Waals surface area contributed by atoms with Crippen molar-refractivity contribution >= 4 is 39.2 Å². The molecular formula is C17H18ClN3O5S. The molecule has 0 saturated carbocycles. The first-order chi connectivity index (χ1) is 12.7. The van der Waals surface area contributed by atoms with Gasteiger partial charge in [-0.1, -0.05) is 17.7 Å². The van der Waals surface area contributed by atoms with Gasteiger partial charge in [-0.05, 0) is 49.2 Å². The van der Waals surface area contributed by atoms with E-state index in [1.807, 2.05) is 6.92 Å². The maximum Gasteiger partial charge on any atom is 0.321 e. The maximum atomic E-state index is 12.2. The van der Waals surface area contributed by atoms with Gasteiger partial charge in [0.1, 0.15) is 6.54 Å². The summed E-state index contributed by atoms with van der Waals surface area (Å²) in [5, 5.41) is 2.52. The van der Waals surface area contributed by atoms with E-state index in [2.05, 4.69) is 15.0 Å². The maximum absolute atomic E-state index is 12.2. The molecule has 0 radical (unpaired) electrons. The lowest BCUT2D eigenvalue weighted by Crippen LogP contribution is -2.32. The fourth-order valence-corrected chi connectivity index (χ4v) is 3.20. The first-order valence-electron chi connectivity index (χ1n) is 7.82. The van der Waals surface area contributed by atoms with Gasteiger partial charge in [0.25, 0.3) is 5.91 Å². The lowest BCUT2D eigenvalue weighted by molar-refractivity contribution is -0.146. The van der Waals surface area contributed by atoms with Crippen LogP contribution in [0.3, 0.4) is 0 Å². The first-order valence-corrected chi connectivity index (χ1v) is 9.68.